The Morgan fingerprint density at radius 3 is 2.69 bits per heavy atom. The third kappa shape index (κ3) is 2.67. The molecule has 0 aromatic heterocycles. The quantitative estimate of drug-likeness (QED) is 0.728. The first-order valence-corrected chi connectivity index (χ1v) is 6.20. The van der Waals surface area contributed by atoms with E-state index in [9.17, 15) is 4.39 Å². The molecule has 0 saturated heterocycles. The maximum Gasteiger partial charge on any atom is 0.125 e. The van der Waals surface area contributed by atoms with E-state index < -0.39 is 0 Å². The maximum atomic E-state index is 13.3. The summed E-state index contributed by atoms with van der Waals surface area (Å²) in [5.41, 5.74) is 1.77. The monoisotopic (exact) mass is 241 g/mol. The minimum Gasteiger partial charge on any atom is -0.374 e. The van der Waals surface area contributed by atoms with E-state index in [4.69, 9.17) is 11.6 Å². The first-order valence-electron chi connectivity index (χ1n) is 5.66. The highest BCUT2D eigenvalue weighted by Gasteiger charge is 2.33. The molecule has 16 heavy (non-hydrogen) atoms. The number of halogens is 2. The molecule has 0 N–H and O–H groups in total. The van der Waals surface area contributed by atoms with Crippen molar-refractivity contribution in [3.8, 4) is 0 Å². The van der Waals surface area contributed by atoms with Crippen LogP contribution in [0.15, 0.2) is 18.2 Å². The number of rotatable bonds is 4. The Morgan fingerprint density at radius 2 is 2.12 bits per heavy atom. The number of hydrogen-bond acceptors (Lipinski definition) is 1. The van der Waals surface area contributed by atoms with Gasteiger partial charge < -0.3 is 4.90 Å². The van der Waals surface area contributed by atoms with Gasteiger partial charge in [-0.2, -0.15) is 0 Å². The number of anilines is 1. The first kappa shape index (κ1) is 11.7. The van der Waals surface area contributed by atoms with E-state index in [-0.39, 0.29) is 5.82 Å². The molecule has 1 fully saturated rings. The van der Waals surface area contributed by atoms with Gasteiger partial charge in [0.2, 0.25) is 0 Å². The lowest BCUT2D eigenvalue weighted by Crippen LogP contribution is -2.20. The highest BCUT2D eigenvalue weighted by Crippen LogP contribution is 2.38. The summed E-state index contributed by atoms with van der Waals surface area (Å²) in [6, 6.07) is 5.02. The Hall–Kier alpha value is -0.760. The van der Waals surface area contributed by atoms with E-state index in [0.29, 0.717) is 5.88 Å². The van der Waals surface area contributed by atoms with Gasteiger partial charge in [0.15, 0.2) is 0 Å². The van der Waals surface area contributed by atoms with Crippen molar-refractivity contribution < 1.29 is 4.39 Å². The van der Waals surface area contributed by atoms with Crippen LogP contribution in [-0.4, -0.2) is 13.6 Å². The molecule has 2 atom stereocenters. The Kier molecular flexibility index (Phi) is 3.38. The van der Waals surface area contributed by atoms with Gasteiger partial charge in [-0.25, -0.2) is 4.39 Å². The molecular formula is C13H17ClFN. The van der Waals surface area contributed by atoms with Crippen LogP contribution >= 0.6 is 11.6 Å². The maximum absolute atomic E-state index is 13.3. The lowest BCUT2D eigenvalue weighted by Gasteiger charge is -2.20. The van der Waals surface area contributed by atoms with Crippen LogP contribution in [0.2, 0.25) is 0 Å². The van der Waals surface area contributed by atoms with Crippen molar-refractivity contribution in [1.29, 1.82) is 0 Å². The van der Waals surface area contributed by atoms with Gasteiger partial charge in [-0.3, -0.25) is 0 Å². The summed E-state index contributed by atoms with van der Waals surface area (Å²) in [4.78, 5) is 2.12. The third-order valence-corrected chi connectivity index (χ3v) is 3.63. The second-order valence-electron chi connectivity index (χ2n) is 4.80. The van der Waals surface area contributed by atoms with E-state index >= 15 is 0 Å². The van der Waals surface area contributed by atoms with E-state index in [0.717, 1.165) is 29.6 Å². The molecular weight excluding hydrogens is 225 g/mol. The van der Waals surface area contributed by atoms with Crippen LogP contribution in [0, 0.1) is 17.7 Å². The number of benzene rings is 1. The van der Waals surface area contributed by atoms with Crippen molar-refractivity contribution >= 4 is 17.3 Å². The average molecular weight is 242 g/mol. The van der Waals surface area contributed by atoms with E-state index in [2.05, 4.69) is 11.8 Å². The molecule has 1 aromatic rings. The molecule has 3 heteroatoms. The normalized spacial score (nSPS) is 23.2. The number of hydrogen-bond donors (Lipinski definition) is 0. The molecule has 2 unspecified atom stereocenters. The summed E-state index contributed by atoms with van der Waals surface area (Å²) < 4.78 is 13.3. The summed E-state index contributed by atoms with van der Waals surface area (Å²) >= 11 is 5.73. The van der Waals surface area contributed by atoms with Crippen molar-refractivity contribution in [1.82, 2.24) is 0 Å². The molecule has 1 saturated carbocycles. The van der Waals surface area contributed by atoms with Crippen molar-refractivity contribution in [3.63, 3.8) is 0 Å². The second-order valence-corrected chi connectivity index (χ2v) is 5.07. The molecule has 0 bridgehead atoms. The molecule has 0 spiro atoms. The van der Waals surface area contributed by atoms with Crippen LogP contribution in [0.1, 0.15) is 18.9 Å². The molecule has 1 aliphatic carbocycles. The van der Waals surface area contributed by atoms with Crippen molar-refractivity contribution in [2.45, 2.75) is 19.2 Å². The zero-order valence-corrected chi connectivity index (χ0v) is 10.5. The zero-order valence-electron chi connectivity index (χ0n) is 9.71. The molecule has 1 aliphatic rings. The zero-order chi connectivity index (χ0) is 11.7. The molecule has 0 radical (unpaired) electrons. The second kappa shape index (κ2) is 4.62. The van der Waals surface area contributed by atoms with Gasteiger partial charge in [0.25, 0.3) is 0 Å². The highest BCUT2D eigenvalue weighted by atomic mass is 35.5. The summed E-state index contributed by atoms with van der Waals surface area (Å²) in [7, 11) is 2.01. The smallest absolute Gasteiger partial charge is 0.125 e. The van der Waals surface area contributed by atoms with Crippen LogP contribution < -0.4 is 4.90 Å². The summed E-state index contributed by atoms with van der Waals surface area (Å²) in [6.45, 7) is 3.26. The van der Waals surface area contributed by atoms with Crippen LogP contribution in [0.4, 0.5) is 10.1 Å². The highest BCUT2D eigenvalue weighted by molar-refractivity contribution is 6.17. The van der Waals surface area contributed by atoms with Crippen molar-refractivity contribution in [2.75, 3.05) is 18.5 Å². The summed E-state index contributed by atoms with van der Waals surface area (Å²) in [5.74, 6) is 1.75. The molecule has 0 aliphatic heterocycles. The standard InChI is InChI=1S/C13H17ClFN/c1-9-3-11(9)8-16(2)13-5-10(7-14)4-12(15)6-13/h4-6,9,11H,3,7-8H2,1-2H3. The predicted octanol–water partition coefficient (Wildman–Crippen LogP) is 3.66. The lowest BCUT2D eigenvalue weighted by molar-refractivity contribution is 0.624. The first-order chi connectivity index (χ1) is 7.60. The van der Waals surface area contributed by atoms with Gasteiger partial charge in [0.05, 0.1) is 0 Å². The molecule has 1 nitrogen and oxygen atoms in total. The van der Waals surface area contributed by atoms with Gasteiger partial charge in [0, 0.05) is 25.2 Å². The fraction of sp³-hybridized carbons (Fsp3) is 0.538. The molecule has 1 aromatic carbocycles. The van der Waals surface area contributed by atoms with Gasteiger partial charge in [-0.05, 0) is 42.0 Å². The molecule has 88 valence electrons. The van der Waals surface area contributed by atoms with Crippen molar-refractivity contribution in [2.24, 2.45) is 11.8 Å². The van der Waals surface area contributed by atoms with Crippen LogP contribution in [0.25, 0.3) is 0 Å². The van der Waals surface area contributed by atoms with E-state index in [1.807, 2.05) is 13.1 Å². The minimum atomic E-state index is -0.205. The summed E-state index contributed by atoms with van der Waals surface area (Å²) in [6.07, 6.45) is 1.29. The van der Waals surface area contributed by atoms with E-state index in [1.165, 1.54) is 12.5 Å². The van der Waals surface area contributed by atoms with Gasteiger partial charge in [0.1, 0.15) is 5.82 Å². The summed E-state index contributed by atoms with van der Waals surface area (Å²) in [5, 5.41) is 0. The van der Waals surface area contributed by atoms with Crippen LogP contribution in [-0.2, 0) is 5.88 Å². The minimum absolute atomic E-state index is 0.205. The van der Waals surface area contributed by atoms with Crippen molar-refractivity contribution in [3.05, 3.63) is 29.6 Å². The topological polar surface area (TPSA) is 3.24 Å². The van der Waals surface area contributed by atoms with Gasteiger partial charge >= 0.3 is 0 Å². The Bertz CT molecular complexity index is 380. The molecule has 0 heterocycles. The SMILES string of the molecule is CC1CC1CN(C)c1cc(F)cc(CCl)c1. The Balaban J connectivity index is 2.09. The average Bonchev–Trinajstić information content (AvgIpc) is 2.93. The van der Waals surface area contributed by atoms with E-state index in [1.54, 1.807) is 6.07 Å². The fourth-order valence-corrected chi connectivity index (χ4v) is 2.20. The van der Waals surface area contributed by atoms with Gasteiger partial charge in [-0.15, -0.1) is 11.6 Å². The largest absolute Gasteiger partial charge is 0.374 e. The van der Waals surface area contributed by atoms with Crippen LogP contribution in [0.5, 0.6) is 0 Å². The number of nitrogens with zero attached hydrogens (tertiary/aromatic N) is 1. The van der Waals surface area contributed by atoms with Crippen LogP contribution in [0.3, 0.4) is 0 Å². The Morgan fingerprint density at radius 1 is 1.44 bits per heavy atom. The lowest BCUT2D eigenvalue weighted by atomic mass is 10.2. The predicted molar refractivity (Wildman–Crippen MR) is 66.5 cm³/mol. The third-order valence-electron chi connectivity index (χ3n) is 3.32. The van der Waals surface area contributed by atoms with Gasteiger partial charge in [-0.1, -0.05) is 6.92 Å². The molecule has 2 rings (SSSR count). The Labute approximate surface area is 101 Å². The number of alkyl halides is 1. The molecule has 0 amide bonds. The fourth-order valence-electron chi connectivity index (χ4n) is 2.04.